The Kier molecular flexibility index (Phi) is 6.44. The molecule has 1 aromatic heterocycles. The zero-order chi connectivity index (χ0) is 22.2. The van der Waals surface area contributed by atoms with Gasteiger partial charge in [0, 0.05) is 12.1 Å². The summed E-state index contributed by atoms with van der Waals surface area (Å²) >= 11 is 0. The van der Waals surface area contributed by atoms with E-state index in [1.54, 1.807) is 13.8 Å². The van der Waals surface area contributed by atoms with E-state index in [9.17, 15) is 8.42 Å². The molecule has 2 aliphatic heterocycles. The van der Waals surface area contributed by atoms with E-state index in [0.717, 1.165) is 37.9 Å². The van der Waals surface area contributed by atoms with Crippen LogP contribution in [0.4, 0.5) is 0 Å². The Morgan fingerprint density at radius 3 is 2.32 bits per heavy atom. The average molecular weight is 446 g/mol. The molecule has 7 heteroatoms. The normalized spacial score (nSPS) is 24.1. The second kappa shape index (κ2) is 8.94. The highest BCUT2D eigenvalue weighted by molar-refractivity contribution is 7.91. The molecule has 2 saturated heterocycles. The number of H-pyrrole nitrogens is 1. The second-order valence-corrected chi connectivity index (χ2v) is 11.6. The number of aryl methyl sites for hydroxylation is 3. The highest BCUT2D eigenvalue weighted by Gasteiger charge is 2.43. The van der Waals surface area contributed by atoms with Crippen LogP contribution < -0.4 is 4.74 Å². The van der Waals surface area contributed by atoms with Crippen molar-refractivity contribution < 1.29 is 13.2 Å². The third-order valence-electron chi connectivity index (χ3n) is 6.77. The van der Waals surface area contributed by atoms with Gasteiger partial charge in [0.25, 0.3) is 0 Å². The summed E-state index contributed by atoms with van der Waals surface area (Å²) in [6, 6.07) is 9.03. The van der Waals surface area contributed by atoms with Gasteiger partial charge in [-0.05, 0) is 76.0 Å². The number of hydrogen-bond donors (Lipinski definition) is 1. The van der Waals surface area contributed by atoms with Gasteiger partial charge in [-0.3, -0.25) is 10.00 Å². The number of fused-ring (bicyclic) bond motifs is 2. The molecule has 1 N–H and O–H groups in total. The van der Waals surface area contributed by atoms with Crippen LogP contribution in [0, 0.1) is 19.8 Å². The van der Waals surface area contributed by atoms with Crippen LogP contribution in [0.2, 0.25) is 0 Å². The maximum Gasteiger partial charge on any atom is 0.195 e. The Balaban J connectivity index is 1.37. The molecule has 0 aliphatic carbocycles. The Labute approximate surface area is 186 Å². The largest absolute Gasteiger partial charge is 0.490 e. The molecule has 6 nitrogen and oxygen atoms in total. The number of hydrogen-bond acceptors (Lipinski definition) is 5. The summed E-state index contributed by atoms with van der Waals surface area (Å²) in [5.74, 6) is 1.70. The van der Waals surface area contributed by atoms with E-state index in [0.29, 0.717) is 22.2 Å². The van der Waals surface area contributed by atoms with Gasteiger partial charge in [0.2, 0.25) is 0 Å². The first kappa shape index (κ1) is 22.3. The Bertz CT molecular complexity index is 964. The number of piperidine rings is 1. The fourth-order valence-electron chi connectivity index (χ4n) is 5.17. The molecule has 3 atom stereocenters. The number of rotatable bonds is 8. The quantitative estimate of drug-likeness (QED) is 0.651. The lowest BCUT2D eigenvalue weighted by Gasteiger charge is -2.38. The molecule has 0 saturated carbocycles. The van der Waals surface area contributed by atoms with E-state index < -0.39 is 9.84 Å². The van der Waals surface area contributed by atoms with E-state index in [1.165, 1.54) is 12.0 Å². The Morgan fingerprint density at radius 2 is 1.77 bits per heavy atom. The summed E-state index contributed by atoms with van der Waals surface area (Å²) in [7, 11) is -3.41. The zero-order valence-corrected chi connectivity index (χ0v) is 19.9. The minimum Gasteiger partial charge on any atom is -0.490 e. The number of nitrogens with one attached hydrogen (secondary N) is 1. The molecule has 2 bridgehead atoms. The Morgan fingerprint density at radius 1 is 1.13 bits per heavy atom. The standard InChI is InChI=1S/C24H35N3O3S/c1-16(2)5-6-19-7-11-22(12-8-19)30-23-13-20-9-10-21(14-23)27(20)15-31(28,29)24-17(3)25-26-18(24)4/h7-8,11-12,16,20-21,23H,5-6,9-10,13-15H2,1-4H3,(H,25,26)/t20-,21+,23?. The van der Waals surface area contributed by atoms with Crippen molar-refractivity contribution in [1.29, 1.82) is 0 Å². The van der Waals surface area contributed by atoms with Gasteiger partial charge in [-0.15, -0.1) is 0 Å². The van der Waals surface area contributed by atoms with Gasteiger partial charge in [0.1, 0.15) is 22.6 Å². The summed E-state index contributed by atoms with van der Waals surface area (Å²) in [6.07, 6.45) is 6.28. The van der Waals surface area contributed by atoms with Crippen LogP contribution in [-0.2, 0) is 16.3 Å². The maximum absolute atomic E-state index is 13.1. The minimum absolute atomic E-state index is 0.0703. The van der Waals surface area contributed by atoms with Gasteiger partial charge in [0.15, 0.2) is 9.84 Å². The highest BCUT2D eigenvalue weighted by Crippen LogP contribution is 2.38. The Hall–Kier alpha value is -1.86. The molecule has 0 amide bonds. The number of nitrogens with zero attached hydrogens (tertiary/aromatic N) is 2. The van der Waals surface area contributed by atoms with E-state index in [-0.39, 0.29) is 24.1 Å². The molecular formula is C24H35N3O3S. The SMILES string of the molecule is Cc1n[nH]c(C)c1S(=O)(=O)CN1[C@@H]2CC[C@H]1CC(Oc1ccc(CCC(C)C)cc1)C2. The molecular weight excluding hydrogens is 410 g/mol. The molecule has 1 unspecified atom stereocenters. The lowest BCUT2D eigenvalue weighted by Crippen LogP contribution is -2.48. The number of aromatic nitrogens is 2. The maximum atomic E-state index is 13.1. The number of aromatic amines is 1. The van der Waals surface area contributed by atoms with E-state index >= 15 is 0 Å². The van der Waals surface area contributed by atoms with Crippen molar-refractivity contribution in [1.82, 2.24) is 15.1 Å². The van der Waals surface area contributed by atoms with Crippen molar-refractivity contribution in [2.45, 2.75) is 89.3 Å². The summed E-state index contributed by atoms with van der Waals surface area (Å²) in [5.41, 5.74) is 2.53. The summed E-state index contributed by atoms with van der Waals surface area (Å²) in [5, 5.41) is 6.87. The van der Waals surface area contributed by atoms with Gasteiger partial charge in [0.05, 0.1) is 11.4 Å². The van der Waals surface area contributed by atoms with Crippen molar-refractivity contribution >= 4 is 9.84 Å². The molecule has 0 radical (unpaired) electrons. The first-order chi connectivity index (χ1) is 14.7. The lowest BCUT2D eigenvalue weighted by atomic mass is 10.0. The monoisotopic (exact) mass is 445 g/mol. The van der Waals surface area contributed by atoms with Crippen LogP contribution in [0.15, 0.2) is 29.2 Å². The number of sulfone groups is 1. The fourth-order valence-corrected chi connectivity index (χ4v) is 7.12. The summed E-state index contributed by atoms with van der Waals surface area (Å²) < 4.78 is 32.5. The van der Waals surface area contributed by atoms with Crippen molar-refractivity contribution in [2.75, 3.05) is 5.88 Å². The fraction of sp³-hybridized carbons (Fsp3) is 0.625. The molecule has 4 rings (SSSR count). The zero-order valence-electron chi connectivity index (χ0n) is 19.1. The summed E-state index contributed by atoms with van der Waals surface area (Å²) in [6.45, 7) is 8.02. The van der Waals surface area contributed by atoms with E-state index in [4.69, 9.17) is 4.74 Å². The molecule has 2 aliphatic rings. The molecule has 2 aromatic rings. The van der Waals surface area contributed by atoms with Crippen LogP contribution >= 0.6 is 0 Å². The number of benzene rings is 1. The van der Waals surface area contributed by atoms with Crippen LogP contribution in [-0.4, -0.2) is 47.6 Å². The first-order valence-corrected chi connectivity index (χ1v) is 13.1. The predicted octanol–water partition coefficient (Wildman–Crippen LogP) is 4.42. The third-order valence-corrected chi connectivity index (χ3v) is 8.63. The average Bonchev–Trinajstić information content (AvgIpc) is 3.15. The van der Waals surface area contributed by atoms with Crippen LogP contribution in [0.25, 0.3) is 0 Å². The molecule has 3 heterocycles. The van der Waals surface area contributed by atoms with Gasteiger partial charge >= 0.3 is 0 Å². The van der Waals surface area contributed by atoms with Gasteiger partial charge < -0.3 is 4.74 Å². The molecule has 170 valence electrons. The van der Waals surface area contributed by atoms with E-state index in [1.807, 2.05) is 0 Å². The molecule has 2 fully saturated rings. The van der Waals surface area contributed by atoms with Crippen molar-refractivity contribution in [3.05, 3.63) is 41.2 Å². The smallest absolute Gasteiger partial charge is 0.195 e. The lowest BCUT2D eigenvalue weighted by molar-refractivity contribution is 0.0609. The van der Waals surface area contributed by atoms with Gasteiger partial charge in [-0.2, -0.15) is 5.10 Å². The van der Waals surface area contributed by atoms with Gasteiger partial charge in [-0.1, -0.05) is 26.0 Å². The van der Waals surface area contributed by atoms with Crippen LogP contribution in [0.3, 0.4) is 0 Å². The topological polar surface area (TPSA) is 75.3 Å². The predicted molar refractivity (Wildman–Crippen MR) is 122 cm³/mol. The minimum atomic E-state index is -3.41. The van der Waals surface area contributed by atoms with Crippen LogP contribution in [0.5, 0.6) is 5.75 Å². The third kappa shape index (κ3) is 4.98. The molecule has 31 heavy (non-hydrogen) atoms. The highest BCUT2D eigenvalue weighted by atomic mass is 32.2. The number of ether oxygens (including phenoxy) is 1. The summed E-state index contributed by atoms with van der Waals surface area (Å²) in [4.78, 5) is 2.55. The molecule has 1 aromatic carbocycles. The first-order valence-electron chi connectivity index (χ1n) is 11.5. The van der Waals surface area contributed by atoms with Crippen molar-refractivity contribution in [3.8, 4) is 5.75 Å². The van der Waals surface area contributed by atoms with Crippen molar-refractivity contribution in [2.24, 2.45) is 5.92 Å². The van der Waals surface area contributed by atoms with E-state index in [2.05, 4.69) is 53.2 Å². The van der Waals surface area contributed by atoms with Gasteiger partial charge in [-0.25, -0.2) is 8.42 Å². The van der Waals surface area contributed by atoms with Crippen LogP contribution in [0.1, 0.15) is 62.9 Å². The second-order valence-electron chi connectivity index (χ2n) is 9.69. The molecule has 0 spiro atoms. The van der Waals surface area contributed by atoms with Crippen molar-refractivity contribution in [3.63, 3.8) is 0 Å².